The van der Waals surface area contributed by atoms with Gasteiger partial charge in [0.05, 0.1) is 0 Å². The molecule has 4 heteroatoms. The van der Waals surface area contributed by atoms with Crippen molar-refractivity contribution in [2.75, 3.05) is 0 Å². The fourth-order valence-electron chi connectivity index (χ4n) is 2.74. The van der Waals surface area contributed by atoms with Crippen LogP contribution in [0.4, 0.5) is 4.39 Å². The lowest BCUT2D eigenvalue weighted by atomic mass is 10.1. The van der Waals surface area contributed by atoms with Gasteiger partial charge in [0.1, 0.15) is 5.82 Å². The van der Waals surface area contributed by atoms with Gasteiger partial charge in [-0.15, -0.1) is 0 Å². The number of phenols is 1. The topological polar surface area (TPSA) is 46.0 Å². The van der Waals surface area contributed by atoms with E-state index in [1.54, 1.807) is 18.5 Å². The number of aromatic hydroxyl groups is 1. The van der Waals surface area contributed by atoms with Crippen LogP contribution in [0.15, 0.2) is 30.6 Å². The zero-order valence-electron chi connectivity index (χ0n) is 14.5. The molecule has 1 aromatic heterocycles. The van der Waals surface area contributed by atoms with Crippen LogP contribution in [0.3, 0.4) is 0 Å². The van der Waals surface area contributed by atoms with Crippen molar-refractivity contribution >= 4 is 0 Å². The molecule has 130 valence electrons. The Bertz CT molecular complexity index is 614. The molecule has 0 saturated heterocycles. The molecule has 0 aliphatic carbocycles. The average molecular weight is 330 g/mol. The van der Waals surface area contributed by atoms with E-state index in [0.717, 1.165) is 24.2 Å². The molecule has 0 bridgehead atoms. The molecule has 0 fully saturated rings. The van der Waals surface area contributed by atoms with E-state index in [4.69, 9.17) is 0 Å². The Balaban J connectivity index is 1.73. The van der Waals surface area contributed by atoms with E-state index >= 15 is 0 Å². The molecular formula is C20H27FN2O. The van der Waals surface area contributed by atoms with Crippen LogP contribution < -0.4 is 0 Å². The molecule has 2 aromatic rings. The first-order valence-corrected chi connectivity index (χ1v) is 9.00. The highest BCUT2D eigenvalue weighted by molar-refractivity contribution is 5.62. The number of nitrogens with zero attached hydrogens (tertiary/aromatic N) is 2. The van der Waals surface area contributed by atoms with Crippen molar-refractivity contribution in [2.45, 2.75) is 64.7 Å². The van der Waals surface area contributed by atoms with Crippen molar-refractivity contribution in [3.63, 3.8) is 0 Å². The fourth-order valence-corrected chi connectivity index (χ4v) is 2.74. The second-order valence-electron chi connectivity index (χ2n) is 6.28. The summed E-state index contributed by atoms with van der Waals surface area (Å²) in [5.74, 6) is -0.134. The molecule has 0 radical (unpaired) electrons. The molecular weight excluding hydrogens is 303 g/mol. The third-order valence-electron chi connectivity index (χ3n) is 4.24. The van der Waals surface area contributed by atoms with Crippen LogP contribution in [-0.4, -0.2) is 15.1 Å². The van der Waals surface area contributed by atoms with Crippen molar-refractivity contribution in [3.05, 3.63) is 42.2 Å². The molecule has 0 atom stereocenters. The zero-order chi connectivity index (χ0) is 17.2. The monoisotopic (exact) mass is 330 g/mol. The van der Waals surface area contributed by atoms with E-state index in [2.05, 4.69) is 16.9 Å². The van der Waals surface area contributed by atoms with Crippen LogP contribution in [0.1, 0.15) is 64.1 Å². The smallest absolute Gasteiger partial charge is 0.165 e. The number of phenolic OH excluding ortho intramolecular Hbond substituents is 1. The number of aryl methyl sites for hydroxylation is 1. The molecule has 0 spiro atoms. The summed E-state index contributed by atoms with van der Waals surface area (Å²) in [4.78, 5) is 8.74. The van der Waals surface area contributed by atoms with E-state index < -0.39 is 5.82 Å². The highest BCUT2D eigenvalue weighted by Gasteiger charge is 2.05. The van der Waals surface area contributed by atoms with E-state index in [1.807, 2.05) is 0 Å². The molecule has 0 amide bonds. The predicted octanol–water partition coefficient (Wildman–Crippen LogP) is 5.67. The largest absolute Gasteiger partial charge is 0.505 e. The summed E-state index contributed by atoms with van der Waals surface area (Å²) in [7, 11) is 0. The molecule has 0 unspecified atom stereocenters. The Morgan fingerprint density at radius 3 is 2.12 bits per heavy atom. The highest BCUT2D eigenvalue weighted by atomic mass is 19.1. The standard InChI is InChI=1S/C20H27FN2O/c1-2-3-4-5-6-7-8-9-10-20-22-14-17(15-23-20)16-11-12-19(24)18(21)13-16/h11-15,24H,2-10H2,1H3. The average Bonchev–Trinajstić information content (AvgIpc) is 2.60. The van der Waals surface area contributed by atoms with E-state index in [1.165, 1.54) is 57.1 Å². The molecule has 1 N–H and O–H groups in total. The number of hydrogen-bond donors (Lipinski definition) is 1. The normalized spacial score (nSPS) is 10.9. The number of rotatable bonds is 10. The van der Waals surface area contributed by atoms with Crippen LogP contribution in [0, 0.1) is 5.82 Å². The lowest BCUT2D eigenvalue weighted by Gasteiger charge is -2.04. The molecule has 1 aromatic carbocycles. The van der Waals surface area contributed by atoms with Gasteiger partial charge < -0.3 is 5.11 Å². The summed E-state index contributed by atoms with van der Waals surface area (Å²) in [6.45, 7) is 2.24. The highest BCUT2D eigenvalue weighted by Crippen LogP contribution is 2.23. The van der Waals surface area contributed by atoms with Crippen LogP contribution >= 0.6 is 0 Å². The van der Waals surface area contributed by atoms with Crippen molar-refractivity contribution in [2.24, 2.45) is 0 Å². The number of halogens is 1. The van der Waals surface area contributed by atoms with Gasteiger partial charge in [-0.05, 0) is 24.1 Å². The molecule has 1 heterocycles. The molecule has 3 nitrogen and oxygen atoms in total. The Labute approximate surface area is 144 Å². The molecule has 2 rings (SSSR count). The van der Waals surface area contributed by atoms with E-state index in [-0.39, 0.29) is 5.75 Å². The van der Waals surface area contributed by atoms with Crippen LogP contribution in [-0.2, 0) is 6.42 Å². The maximum Gasteiger partial charge on any atom is 0.165 e. The Kier molecular flexibility index (Phi) is 7.66. The van der Waals surface area contributed by atoms with Gasteiger partial charge in [-0.2, -0.15) is 0 Å². The summed E-state index contributed by atoms with van der Waals surface area (Å²) in [5, 5.41) is 9.23. The Morgan fingerprint density at radius 1 is 0.875 bits per heavy atom. The summed E-state index contributed by atoms with van der Waals surface area (Å²) < 4.78 is 13.4. The second-order valence-corrected chi connectivity index (χ2v) is 6.28. The fraction of sp³-hybridized carbons (Fsp3) is 0.500. The summed E-state index contributed by atoms with van der Waals surface area (Å²) in [6.07, 6.45) is 14.6. The summed E-state index contributed by atoms with van der Waals surface area (Å²) >= 11 is 0. The molecule has 24 heavy (non-hydrogen) atoms. The summed E-state index contributed by atoms with van der Waals surface area (Å²) in [5.41, 5.74) is 1.43. The zero-order valence-corrected chi connectivity index (χ0v) is 14.5. The maximum absolute atomic E-state index is 13.4. The van der Waals surface area contributed by atoms with Gasteiger partial charge >= 0.3 is 0 Å². The van der Waals surface area contributed by atoms with Crippen molar-refractivity contribution in [1.82, 2.24) is 9.97 Å². The number of aromatic nitrogens is 2. The van der Waals surface area contributed by atoms with Crippen molar-refractivity contribution in [3.8, 4) is 16.9 Å². The van der Waals surface area contributed by atoms with Crippen LogP contribution in [0.5, 0.6) is 5.75 Å². The van der Waals surface area contributed by atoms with Gasteiger partial charge in [-0.25, -0.2) is 14.4 Å². The first-order chi connectivity index (χ1) is 11.7. The molecule has 0 aliphatic rings. The lowest BCUT2D eigenvalue weighted by Crippen LogP contribution is -1.95. The van der Waals surface area contributed by atoms with Gasteiger partial charge in [0.15, 0.2) is 11.6 Å². The van der Waals surface area contributed by atoms with E-state index in [0.29, 0.717) is 5.56 Å². The van der Waals surface area contributed by atoms with Gasteiger partial charge in [0, 0.05) is 24.4 Å². The second kappa shape index (κ2) is 10.0. The first kappa shape index (κ1) is 18.4. The first-order valence-electron chi connectivity index (χ1n) is 9.00. The minimum Gasteiger partial charge on any atom is -0.505 e. The SMILES string of the molecule is CCCCCCCCCCc1ncc(-c2ccc(O)c(F)c2)cn1. The number of unbranched alkanes of at least 4 members (excludes halogenated alkanes) is 7. The van der Waals surface area contributed by atoms with Crippen LogP contribution in [0.25, 0.3) is 11.1 Å². The van der Waals surface area contributed by atoms with Crippen molar-refractivity contribution < 1.29 is 9.50 Å². The minimum absolute atomic E-state index is 0.342. The number of benzene rings is 1. The molecule has 0 aliphatic heterocycles. The molecule has 0 saturated carbocycles. The predicted molar refractivity (Wildman–Crippen MR) is 95.4 cm³/mol. The minimum atomic E-state index is -0.629. The van der Waals surface area contributed by atoms with Gasteiger partial charge in [0.25, 0.3) is 0 Å². The van der Waals surface area contributed by atoms with Gasteiger partial charge in [-0.3, -0.25) is 0 Å². The van der Waals surface area contributed by atoms with Crippen molar-refractivity contribution in [1.29, 1.82) is 0 Å². The number of hydrogen-bond acceptors (Lipinski definition) is 3. The van der Waals surface area contributed by atoms with E-state index in [9.17, 15) is 9.50 Å². The maximum atomic E-state index is 13.4. The lowest BCUT2D eigenvalue weighted by molar-refractivity contribution is 0.432. The third-order valence-corrected chi connectivity index (χ3v) is 4.24. The van der Waals surface area contributed by atoms with Gasteiger partial charge in [0.2, 0.25) is 0 Å². The third kappa shape index (κ3) is 5.91. The quantitative estimate of drug-likeness (QED) is 0.571. The summed E-state index contributed by atoms with van der Waals surface area (Å²) in [6, 6.07) is 4.31. The van der Waals surface area contributed by atoms with Crippen LogP contribution in [0.2, 0.25) is 0 Å². The van der Waals surface area contributed by atoms with Gasteiger partial charge in [-0.1, -0.05) is 57.9 Å². The Hall–Kier alpha value is -1.97. The Morgan fingerprint density at radius 2 is 1.50 bits per heavy atom.